The van der Waals surface area contributed by atoms with Gasteiger partial charge in [0.15, 0.2) is 24.8 Å². The Bertz CT molecular complexity index is 7910. The molecule has 0 unspecified atom stereocenters. The number of nitrogens with zero attached hydrogens (tertiary/aromatic N) is 4. The van der Waals surface area contributed by atoms with Gasteiger partial charge in [-0.15, -0.1) is 0 Å². The molecule has 0 saturated heterocycles. The van der Waals surface area contributed by atoms with Crippen molar-refractivity contribution in [1.29, 1.82) is 0 Å². The first-order valence-electron chi connectivity index (χ1n) is 41.6. The van der Waals surface area contributed by atoms with Gasteiger partial charge >= 0.3 is 0 Å². The van der Waals surface area contributed by atoms with Crippen LogP contribution in [-0.4, -0.2) is 0 Å². The Morgan fingerprint density at radius 1 is 0.261 bits per heavy atom. The van der Waals surface area contributed by atoms with Gasteiger partial charge in [-0.3, -0.25) is 0 Å². The molecule has 8 heterocycles. The van der Waals surface area contributed by atoms with Crippen LogP contribution in [0.15, 0.2) is 328 Å². The van der Waals surface area contributed by atoms with Crippen LogP contribution in [0.1, 0.15) is 71.2 Å². The quantitative estimate of drug-likeness (QED) is 0.149. The minimum absolute atomic E-state index is 0.640. The average molecular weight is 1550 g/mol. The smallest absolute Gasteiger partial charge is 0.213 e. The van der Waals surface area contributed by atoms with Crippen molar-refractivity contribution >= 4 is 131 Å². The topological polar surface area (TPSA) is 68.1 Å². The van der Waals surface area contributed by atoms with Crippen molar-refractivity contribution in [2.75, 3.05) is 0 Å². The Hall–Kier alpha value is -14.1. The van der Waals surface area contributed by atoms with Crippen molar-refractivity contribution in [2.45, 2.75) is 75.1 Å². The summed E-state index contributed by atoms with van der Waals surface area (Å²) in [5, 5.41) is 19.4. The number of benzene rings is 14. The number of aromatic nitrogens is 4. The normalized spacial score (nSPS) is 11.9. The molecule has 22 aromatic rings. The predicted octanol–water partition coefficient (Wildman–Crippen LogP) is 27.8. The SMILES string of the molecule is Cc1c[n+](C)c(-c2ccc3c(oc4cc(C)c5ccccc5c43)c2C)cc1-c1ccccc1.Cc1c[n+](C)c(-c2ccc3c(oc4ccc5ccccc5c43)c2C)cc1-c1ccccc1.Cc1cc[n+](C)c(-c2ccc3c(oc4ccc5ccccc5c43)c2C)c1.[2H]C(C)(C)c1cc[n+](C)c(-c2ccc3c(oc4ccc5ccccc5c43)c2C)c1. The molecule has 8 aromatic heterocycles. The molecule has 0 aliphatic rings. The van der Waals surface area contributed by atoms with Gasteiger partial charge in [-0.05, 0) is 216 Å². The highest BCUT2D eigenvalue weighted by Crippen LogP contribution is 2.45. The number of aryl methyl sites for hydroxylation is 12. The fourth-order valence-corrected chi connectivity index (χ4v) is 18.4. The summed E-state index contributed by atoms with van der Waals surface area (Å²) in [4.78, 5) is 0. The van der Waals surface area contributed by atoms with Crippen LogP contribution in [0.2, 0.25) is 0 Å². The third-order valence-electron chi connectivity index (χ3n) is 24.7. The molecule has 0 spiro atoms. The van der Waals surface area contributed by atoms with Gasteiger partial charge in [0.05, 0.1) is 22.3 Å². The van der Waals surface area contributed by atoms with E-state index in [2.05, 4.69) is 392 Å². The molecule has 0 N–H and O–H groups in total. The molecule has 0 amide bonds. The maximum atomic E-state index is 8.41. The van der Waals surface area contributed by atoms with Crippen molar-refractivity contribution in [3.63, 3.8) is 0 Å². The van der Waals surface area contributed by atoms with E-state index in [-0.39, 0.29) is 0 Å². The van der Waals surface area contributed by atoms with Crippen LogP contribution >= 0.6 is 0 Å². The fraction of sp³-hybridized carbons (Fsp3) is 0.135. The Labute approximate surface area is 694 Å². The number of hydrogen-bond donors (Lipinski definition) is 0. The van der Waals surface area contributed by atoms with E-state index in [1.807, 2.05) is 33.2 Å². The minimum atomic E-state index is -0.640. The van der Waals surface area contributed by atoms with Crippen LogP contribution in [0.4, 0.5) is 0 Å². The zero-order valence-electron chi connectivity index (χ0n) is 70.9. The van der Waals surface area contributed by atoms with Gasteiger partial charge in [0.25, 0.3) is 0 Å². The first-order chi connectivity index (χ1) is 58.1. The summed E-state index contributed by atoms with van der Waals surface area (Å²) in [5.74, 6) is -0.640. The summed E-state index contributed by atoms with van der Waals surface area (Å²) in [7, 11) is 8.37. The van der Waals surface area contributed by atoms with Gasteiger partial charge in [-0.1, -0.05) is 190 Å². The molecule has 119 heavy (non-hydrogen) atoms. The highest BCUT2D eigenvalue weighted by atomic mass is 16.3. The number of pyridine rings is 4. The lowest BCUT2D eigenvalue weighted by atomic mass is 9.95. The fourth-order valence-electron chi connectivity index (χ4n) is 18.4. The molecular weight excluding hydrogens is 1450 g/mol. The lowest BCUT2D eigenvalue weighted by Gasteiger charge is -2.10. The highest BCUT2D eigenvalue weighted by molar-refractivity contribution is 6.23. The molecule has 22 rings (SSSR count). The summed E-state index contributed by atoms with van der Waals surface area (Å²) in [6.07, 6.45) is 8.58. The molecule has 0 fully saturated rings. The van der Waals surface area contributed by atoms with E-state index in [9.17, 15) is 0 Å². The molecule has 0 radical (unpaired) electrons. The van der Waals surface area contributed by atoms with Crippen molar-refractivity contribution in [2.24, 2.45) is 28.2 Å². The molecule has 0 aliphatic heterocycles. The maximum Gasteiger partial charge on any atom is 0.213 e. The monoisotopic (exact) mass is 1550 g/mol. The van der Waals surface area contributed by atoms with Crippen LogP contribution < -0.4 is 18.3 Å². The standard InChI is InChI=1S/C31H26NO.C30H24NO.C26H24NO.C24H20NO/c1-19-16-29-30(25-13-9-8-12-23(19)25)26-15-14-24(21(3)31(26)33-29)28-17-27(20(2)18-32(28)4)22-10-6-5-7-11-22;1-19-18-31(3)27(17-26(19)21-9-5-4-6-10-21)23-14-15-25-29-24-12-8-7-11-22(24)13-16-28(29)32-30(25)20(23)2;1-16(2)19-13-14-27(4)23(15-19)20-10-11-22-25-21-8-6-5-7-18(21)9-12-24(25)28-26(22)17(20)3;1-15-12-13-25(3)21(14-15)18-9-10-20-23-19-7-5-4-6-17(19)8-11-22(23)26-24(20)16(18)2/h5-18H,1-4H3;4-18H,1-3H3;5-16H,1-4H3;4-14H,1-3H3/q4*+1/i;;16D;. The molecular formula is C111H94N4O4+4. The van der Waals surface area contributed by atoms with Gasteiger partial charge in [0.1, 0.15) is 72.9 Å². The number of hydrogen-bond acceptors (Lipinski definition) is 4. The molecule has 8 nitrogen and oxygen atoms in total. The summed E-state index contributed by atoms with van der Waals surface area (Å²) < 4.78 is 42.7. The largest absolute Gasteiger partial charge is 0.456 e. The average Bonchev–Trinajstić information content (AvgIpc) is 1.32. The van der Waals surface area contributed by atoms with E-state index in [1.165, 1.54) is 176 Å². The maximum absolute atomic E-state index is 8.41. The highest BCUT2D eigenvalue weighted by Gasteiger charge is 2.27. The van der Waals surface area contributed by atoms with Crippen LogP contribution in [0, 0.1) is 55.4 Å². The molecule has 0 aliphatic carbocycles. The van der Waals surface area contributed by atoms with Gasteiger partial charge in [0.2, 0.25) is 22.8 Å². The third kappa shape index (κ3) is 13.1. The third-order valence-corrected chi connectivity index (χ3v) is 24.7. The van der Waals surface area contributed by atoms with E-state index in [0.717, 1.165) is 72.4 Å². The predicted molar refractivity (Wildman–Crippen MR) is 494 cm³/mol. The number of rotatable bonds is 7. The Morgan fingerprint density at radius 3 is 0.983 bits per heavy atom. The van der Waals surface area contributed by atoms with E-state index in [0.29, 0.717) is 0 Å². The van der Waals surface area contributed by atoms with E-state index in [4.69, 9.17) is 19.0 Å². The Morgan fingerprint density at radius 2 is 0.588 bits per heavy atom. The van der Waals surface area contributed by atoms with Crippen LogP contribution in [0.5, 0.6) is 0 Å². The van der Waals surface area contributed by atoms with Crippen LogP contribution in [0.3, 0.4) is 0 Å². The molecule has 0 bridgehead atoms. The Balaban J connectivity index is 0.000000106. The molecule has 14 aromatic carbocycles. The van der Waals surface area contributed by atoms with Crippen LogP contribution in [0.25, 0.3) is 198 Å². The summed E-state index contributed by atoms with van der Waals surface area (Å²) >= 11 is 0. The first kappa shape index (κ1) is 73.8. The molecule has 578 valence electrons. The summed E-state index contributed by atoms with van der Waals surface area (Å²) in [5.41, 5.74) is 32.7. The van der Waals surface area contributed by atoms with Crippen LogP contribution in [-0.2, 0) is 28.2 Å². The van der Waals surface area contributed by atoms with Crippen molar-refractivity contribution < 1.29 is 37.3 Å². The van der Waals surface area contributed by atoms with E-state index >= 15 is 0 Å². The number of fused-ring (bicyclic) bond motifs is 20. The van der Waals surface area contributed by atoms with E-state index in [1.54, 1.807) is 0 Å². The lowest BCUT2D eigenvalue weighted by Crippen LogP contribution is -2.31. The minimum Gasteiger partial charge on any atom is -0.456 e. The second-order valence-corrected chi connectivity index (χ2v) is 32.5. The van der Waals surface area contributed by atoms with Gasteiger partial charge in [-0.2, -0.15) is 0 Å². The summed E-state index contributed by atoms with van der Waals surface area (Å²) in [6.45, 7) is 21.1. The second-order valence-electron chi connectivity index (χ2n) is 32.5. The zero-order chi connectivity index (χ0) is 82.7. The van der Waals surface area contributed by atoms with Crippen molar-refractivity contribution in [3.05, 3.63) is 360 Å². The van der Waals surface area contributed by atoms with Gasteiger partial charge in [0, 0.05) is 114 Å². The lowest BCUT2D eigenvalue weighted by molar-refractivity contribution is -0.660. The molecule has 0 saturated carbocycles. The van der Waals surface area contributed by atoms with Gasteiger partial charge < -0.3 is 17.7 Å². The zero-order valence-corrected chi connectivity index (χ0v) is 69.9. The van der Waals surface area contributed by atoms with Crippen molar-refractivity contribution in [1.82, 2.24) is 0 Å². The molecule has 0 atom stereocenters. The van der Waals surface area contributed by atoms with Crippen molar-refractivity contribution in [3.8, 4) is 67.3 Å². The number of furan rings is 4. The Kier molecular flexibility index (Phi) is 18.7. The molecule has 8 heteroatoms. The summed E-state index contributed by atoms with van der Waals surface area (Å²) in [6, 6.07) is 101. The van der Waals surface area contributed by atoms with E-state index < -0.39 is 5.89 Å². The first-order valence-corrected chi connectivity index (χ1v) is 41.1. The van der Waals surface area contributed by atoms with Gasteiger partial charge in [-0.25, -0.2) is 18.3 Å². The second kappa shape index (κ2) is 30.2.